The van der Waals surface area contributed by atoms with Gasteiger partial charge in [0.2, 0.25) is 0 Å². The van der Waals surface area contributed by atoms with Crippen LogP contribution in [0.1, 0.15) is 34.8 Å². The normalized spacial score (nSPS) is 12.1. The summed E-state index contributed by atoms with van der Waals surface area (Å²) in [6.07, 6.45) is 0. The van der Waals surface area contributed by atoms with Gasteiger partial charge in [0.1, 0.15) is 5.75 Å². The summed E-state index contributed by atoms with van der Waals surface area (Å²) in [7, 11) is 0. The second-order valence-corrected chi connectivity index (χ2v) is 6.98. The molecule has 1 aromatic heterocycles. The minimum Gasteiger partial charge on any atom is -0.484 e. The van der Waals surface area contributed by atoms with Crippen LogP contribution in [0.25, 0.3) is 0 Å². The molecule has 0 saturated carbocycles. The first-order valence-corrected chi connectivity index (χ1v) is 8.74. The Morgan fingerprint density at radius 3 is 2.67 bits per heavy atom. The SMILES string of the molecule is Cc1ccc(C)c(OCc2nnc(SC(C)c3ccccc3)o2)c1. The minimum atomic E-state index is 0.249. The lowest BCUT2D eigenvalue weighted by molar-refractivity contribution is 0.250. The van der Waals surface area contributed by atoms with Crippen molar-refractivity contribution in [1.29, 1.82) is 0 Å². The molecule has 1 atom stereocenters. The summed E-state index contributed by atoms with van der Waals surface area (Å²) < 4.78 is 11.5. The van der Waals surface area contributed by atoms with Crippen LogP contribution in [0.5, 0.6) is 5.75 Å². The summed E-state index contributed by atoms with van der Waals surface area (Å²) in [5, 5.41) is 8.98. The zero-order valence-electron chi connectivity index (χ0n) is 14.0. The molecule has 3 aromatic rings. The molecule has 0 amide bonds. The molecule has 0 aliphatic heterocycles. The zero-order chi connectivity index (χ0) is 16.9. The highest BCUT2D eigenvalue weighted by atomic mass is 32.2. The van der Waals surface area contributed by atoms with Crippen LogP contribution in [0.2, 0.25) is 0 Å². The van der Waals surface area contributed by atoms with E-state index in [1.807, 2.05) is 44.2 Å². The molecule has 0 fully saturated rings. The summed E-state index contributed by atoms with van der Waals surface area (Å²) in [5.74, 6) is 1.33. The van der Waals surface area contributed by atoms with Gasteiger partial charge in [0.15, 0.2) is 6.61 Å². The van der Waals surface area contributed by atoms with Crippen LogP contribution in [0.3, 0.4) is 0 Å². The van der Waals surface area contributed by atoms with Crippen molar-refractivity contribution in [2.75, 3.05) is 0 Å². The summed E-state index contributed by atoms with van der Waals surface area (Å²) in [6.45, 7) is 6.46. The smallest absolute Gasteiger partial charge is 0.277 e. The van der Waals surface area contributed by atoms with Crippen molar-refractivity contribution < 1.29 is 9.15 Å². The first-order chi connectivity index (χ1) is 11.6. The van der Waals surface area contributed by atoms with Crippen LogP contribution in [0, 0.1) is 13.8 Å². The molecule has 24 heavy (non-hydrogen) atoms. The molecule has 1 heterocycles. The predicted molar refractivity (Wildman–Crippen MR) is 95.3 cm³/mol. The van der Waals surface area contributed by atoms with Crippen LogP contribution >= 0.6 is 11.8 Å². The Kier molecular flexibility index (Phi) is 5.20. The van der Waals surface area contributed by atoms with Gasteiger partial charge < -0.3 is 9.15 Å². The Morgan fingerprint density at radius 2 is 1.88 bits per heavy atom. The van der Waals surface area contributed by atoms with Gasteiger partial charge in [-0.25, -0.2) is 0 Å². The lowest BCUT2D eigenvalue weighted by Crippen LogP contribution is -1.97. The number of aromatic nitrogens is 2. The molecule has 1 unspecified atom stereocenters. The largest absolute Gasteiger partial charge is 0.484 e. The third-order valence-corrected chi connectivity index (χ3v) is 4.68. The monoisotopic (exact) mass is 340 g/mol. The highest BCUT2D eigenvalue weighted by molar-refractivity contribution is 7.99. The van der Waals surface area contributed by atoms with E-state index in [-0.39, 0.29) is 11.9 Å². The highest BCUT2D eigenvalue weighted by Gasteiger charge is 2.13. The van der Waals surface area contributed by atoms with Crippen molar-refractivity contribution in [3.63, 3.8) is 0 Å². The van der Waals surface area contributed by atoms with Gasteiger partial charge >= 0.3 is 0 Å². The number of hydrogen-bond donors (Lipinski definition) is 0. The van der Waals surface area contributed by atoms with Gasteiger partial charge in [-0.3, -0.25) is 0 Å². The van der Waals surface area contributed by atoms with Crippen molar-refractivity contribution in [2.45, 2.75) is 37.9 Å². The molecule has 0 bridgehead atoms. The maximum atomic E-state index is 5.80. The molecule has 0 aliphatic rings. The van der Waals surface area contributed by atoms with E-state index in [9.17, 15) is 0 Å². The fraction of sp³-hybridized carbons (Fsp3) is 0.263. The van der Waals surface area contributed by atoms with E-state index >= 15 is 0 Å². The zero-order valence-corrected chi connectivity index (χ0v) is 14.8. The van der Waals surface area contributed by atoms with Gasteiger partial charge in [-0.15, -0.1) is 10.2 Å². The van der Waals surface area contributed by atoms with Crippen LogP contribution in [-0.4, -0.2) is 10.2 Å². The van der Waals surface area contributed by atoms with E-state index in [1.165, 1.54) is 5.56 Å². The average Bonchev–Trinajstić information content (AvgIpc) is 3.04. The van der Waals surface area contributed by atoms with Gasteiger partial charge in [-0.2, -0.15) is 0 Å². The van der Waals surface area contributed by atoms with E-state index in [0.29, 0.717) is 11.1 Å². The number of rotatable bonds is 6. The standard InChI is InChI=1S/C19H20N2O2S/c1-13-9-10-14(2)17(11-13)22-12-18-20-21-19(23-18)24-15(3)16-7-5-4-6-8-16/h4-11,15H,12H2,1-3H3. The lowest BCUT2D eigenvalue weighted by atomic mass is 10.1. The Labute approximate surface area is 146 Å². The molecule has 4 nitrogen and oxygen atoms in total. The summed E-state index contributed by atoms with van der Waals surface area (Å²) >= 11 is 1.55. The van der Waals surface area contributed by atoms with Gasteiger partial charge in [0, 0.05) is 5.25 Å². The van der Waals surface area contributed by atoms with Crippen LogP contribution < -0.4 is 4.74 Å². The number of nitrogens with zero attached hydrogens (tertiary/aromatic N) is 2. The second kappa shape index (κ2) is 7.53. The summed E-state index contributed by atoms with van der Waals surface area (Å²) in [5.41, 5.74) is 3.48. The molecule has 0 saturated heterocycles. The molecule has 0 spiro atoms. The van der Waals surface area contributed by atoms with Gasteiger partial charge in [0.25, 0.3) is 11.1 Å². The quantitative estimate of drug-likeness (QED) is 0.583. The molecule has 0 aliphatic carbocycles. The molecule has 0 N–H and O–H groups in total. The van der Waals surface area contributed by atoms with E-state index in [0.717, 1.165) is 16.9 Å². The number of benzene rings is 2. The summed E-state index contributed by atoms with van der Waals surface area (Å²) in [4.78, 5) is 0. The number of aryl methyl sites for hydroxylation is 2. The second-order valence-electron chi connectivity index (χ2n) is 5.69. The predicted octanol–water partition coefficient (Wildman–Crippen LogP) is 5.12. The van der Waals surface area contributed by atoms with Gasteiger partial charge in [-0.05, 0) is 43.5 Å². The Hall–Kier alpha value is -2.27. The van der Waals surface area contributed by atoms with Gasteiger partial charge in [-0.1, -0.05) is 54.2 Å². The molecule has 3 rings (SSSR count). The lowest BCUT2D eigenvalue weighted by Gasteiger charge is -2.08. The van der Waals surface area contributed by atoms with Crippen molar-refractivity contribution in [2.24, 2.45) is 0 Å². The maximum Gasteiger partial charge on any atom is 0.277 e. The molecular weight excluding hydrogens is 320 g/mol. The average molecular weight is 340 g/mol. The number of ether oxygens (including phenoxy) is 1. The van der Waals surface area contributed by atoms with Crippen molar-refractivity contribution >= 4 is 11.8 Å². The van der Waals surface area contributed by atoms with Crippen molar-refractivity contribution in [3.05, 3.63) is 71.1 Å². The van der Waals surface area contributed by atoms with Crippen LogP contribution in [0.4, 0.5) is 0 Å². The van der Waals surface area contributed by atoms with Crippen molar-refractivity contribution in [1.82, 2.24) is 10.2 Å². The third-order valence-electron chi connectivity index (χ3n) is 3.69. The molecule has 0 radical (unpaired) electrons. The number of thioether (sulfide) groups is 1. The van der Waals surface area contributed by atoms with Gasteiger partial charge in [0.05, 0.1) is 0 Å². The Bertz CT molecular complexity index is 802. The fourth-order valence-electron chi connectivity index (χ4n) is 2.29. The van der Waals surface area contributed by atoms with Crippen LogP contribution in [0.15, 0.2) is 58.2 Å². The third kappa shape index (κ3) is 4.17. The van der Waals surface area contributed by atoms with E-state index in [2.05, 4.69) is 35.3 Å². The number of hydrogen-bond acceptors (Lipinski definition) is 5. The Morgan fingerprint density at radius 1 is 1.08 bits per heavy atom. The minimum absolute atomic E-state index is 0.249. The molecular formula is C19H20N2O2S. The topological polar surface area (TPSA) is 48.2 Å². The van der Waals surface area contributed by atoms with E-state index in [4.69, 9.17) is 9.15 Å². The first kappa shape index (κ1) is 16.6. The maximum absolute atomic E-state index is 5.80. The Balaban J connectivity index is 1.60. The molecule has 2 aromatic carbocycles. The molecule has 124 valence electrons. The van der Waals surface area contributed by atoms with Crippen molar-refractivity contribution in [3.8, 4) is 5.75 Å². The summed E-state index contributed by atoms with van der Waals surface area (Å²) in [6, 6.07) is 16.4. The van der Waals surface area contributed by atoms with E-state index < -0.39 is 0 Å². The fourth-order valence-corrected chi connectivity index (χ4v) is 3.12. The van der Waals surface area contributed by atoms with E-state index in [1.54, 1.807) is 11.8 Å². The molecule has 5 heteroatoms. The van der Waals surface area contributed by atoms with Crippen LogP contribution in [-0.2, 0) is 6.61 Å². The first-order valence-electron chi connectivity index (χ1n) is 7.86. The highest BCUT2D eigenvalue weighted by Crippen LogP contribution is 2.33.